The monoisotopic (exact) mass is 452 g/mol. The molecule has 0 spiro atoms. The Bertz CT molecular complexity index is 1220. The number of nitrogens with zero attached hydrogens (tertiary/aromatic N) is 1. The van der Waals surface area contributed by atoms with Crippen LogP contribution in [0, 0.1) is 6.92 Å². The van der Waals surface area contributed by atoms with Gasteiger partial charge >= 0.3 is 0 Å². The molecule has 0 bridgehead atoms. The zero-order chi connectivity index (χ0) is 22.0. The predicted octanol–water partition coefficient (Wildman–Crippen LogP) is 5.58. The summed E-state index contributed by atoms with van der Waals surface area (Å²) in [5.74, 6) is 0.0284. The number of amides is 3. The van der Waals surface area contributed by atoms with Crippen LogP contribution >= 0.6 is 23.4 Å². The van der Waals surface area contributed by atoms with Gasteiger partial charge in [-0.2, -0.15) is 0 Å². The lowest BCUT2D eigenvalue weighted by molar-refractivity contribution is -0.127. The summed E-state index contributed by atoms with van der Waals surface area (Å²) in [6.45, 7) is 1.55. The molecule has 0 aliphatic carbocycles. The maximum atomic E-state index is 12.7. The van der Waals surface area contributed by atoms with Crippen LogP contribution in [-0.2, 0) is 9.59 Å². The number of carbonyl (C=O) groups excluding carboxylic acids is 3. The number of benzene rings is 2. The Morgan fingerprint density at radius 1 is 1.13 bits per heavy atom. The Balaban J connectivity index is 1.45. The minimum atomic E-state index is -0.532. The fourth-order valence-corrected chi connectivity index (χ4v) is 4.07. The van der Waals surface area contributed by atoms with Crippen molar-refractivity contribution in [3.8, 4) is 11.3 Å². The molecule has 6 nitrogen and oxygen atoms in total. The molecule has 0 radical (unpaired) electrons. The topological polar surface area (TPSA) is 79.6 Å². The number of furan rings is 1. The van der Waals surface area contributed by atoms with Crippen molar-refractivity contribution in [2.24, 2.45) is 0 Å². The van der Waals surface area contributed by atoms with E-state index in [1.807, 2.05) is 31.2 Å². The second kappa shape index (κ2) is 8.83. The van der Waals surface area contributed by atoms with Gasteiger partial charge in [0.2, 0.25) is 5.91 Å². The Labute approximate surface area is 187 Å². The van der Waals surface area contributed by atoms with Gasteiger partial charge in [-0.3, -0.25) is 19.3 Å². The summed E-state index contributed by atoms with van der Waals surface area (Å²) in [7, 11) is 0. The molecule has 2 aromatic carbocycles. The Morgan fingerprint density at radius 2 is 1.94 bits per heavy atom. The SMILES string of the molecule is Cc1cccc(NC(=O)CN2C(=O)SC(=Cc3ccc(-c4cccc(Cl)c4)o3)C2=O)c1. The van der Waals surface area contributed by atoms with Crippen molar-refractivity contribution in [2.45, 2.75) is 6.92 Å². The molecule has 0 atom stereocenters. The van der Waals surface area contributed by atoms with Gasteiger partial charge in [0, 0.05) is 22.3 Å². The van der Waals surface area contributed by atoms with E-state index in [4.69, 9.17) is 16.0 Å². The van der Waals surface area contributed by atoms with Crippen LogP contribution in [0.3, 0.4) is 0 Å². The van der Waals surface area contributed by atoms with E-state index >= 15 is 0 Å². The molecule has 2 heterocycles. The first kappa shape index (κ1) is 21.0. The number of imide groups is 1. The van der Waals surface area contributed by atoms with Crippen LogP contribution in [-0.4, -0.2) is 28.5 Å². The van der Waals surface area contributed by atoms with Crippen LogP contribution in [0.25, 0.3) is 17.4 Å². The molecule has 156 valence electrons. The minimum absolute atomic E-state index is 0.195. The lowest BCUT2D eigenvalue weighted by Crippen LogP contribution is -2.36. The second-order valence-corrected chi connectivity index (χ2v) is 8.33. The number of hydrogen-bond donors (Lipinski definition) is 1. The van der Waals surface area contributed by atoms with E-state index in [2.05, 4.69) is 5.32 Å². The minimum Gasteiger partial charge on any atom is -0.457 e. The van der Waals surface area contributed by atoms with Crippen molar-refractivity contribution < 1.29 is 18.8 Å². The van der Waals surface area contributed by atoms with Crippen LogP contribution in [0.15, 0.2) is 70.0 Å². The third-order valence-corrected chi connectivity index (χ3v) is 5.63. The summed E-state index contributed by atoms with van der Waals surface area (Å²) in [4.78, 5) is 38.4. The standard InChI is InChI=1S/C23H17ClN2O4S/c1-14-4-2-7-17(10-14)25-21(27)13-26-22(28)20(31-23(26)29)12-18-8-9-19(30-18)15-5-3-6-16(24)11-15/h2-12H,13H2,1H3,(H,25,27). The summed E-state index contributed by atoms with van der Waals surface area (Å²) < 4.78 is 5.77. The van der Waals surface area contributed by atoms with Gasteiger partial charge in [0.15, 0.2) is 0 Å². The van der Waals surface area contributed by atoms with Crippen LogP contribution < -0.4 is 5.32 Å². The number of rotatable bonds is 5. The fourth-order valence-electron chi connectivity index (χ4n) is 3.06. The summed E-state index contributed by atoms with van der Waals surface area (Å²) in [6.07, 6.45) is 1.50. The van der Waals surface area contributed by atoms with Gasteiger partial charge in [-0.05, 0) is 60.6 Å². The van der Waals surface area contributed by atoms with Crippen molar-refractivity contribution in [1.29, 1.82) is 0 Å². The maximum absolute atomic E-state index is 12.7. The Hall–Kier alpha value is -3.29. The highest BCUT2D eigenvalue weighted by atomic mass is 35.5. The zero-order valence-electron chi connectivity index (χ0n) is 16.4. The van der Waals surface area contributed by atoms with E-state index in [0.29, 0.717) is 22.2 Å². The summed E-state index contributed by atoms with van der Waals surface area (Å²) >= 11 is 6.79. The van der Waals surface area contributed by atoms with Gasteiger partial charge < -0.3 is 9.73 Å². The molecule has 0 saturated carbocycles. The Kier molecular flexibility index (Phi) is 5.97. The molecule has 1 N–H and O–H groups in total. The fraction of sp³-hybridized carbons (Fsp3) is 0.0870. The number of anilines is 1. The number of nitrogens with one attached hydrogen (secondary N) is 1. The van der Waals surface area contributed by atoms with E-state index in [1.165, 1.54) is 6.08 Å². The van der Waals surface area contributed by atoms with Gasteiger partial charge in [-0.15, -0.1) is 0 Å². The van der Waals surface area contributed by atoms with Gasteiger partial charge in [-0.1, -0.05) is 35.9 Å². The summed E-state index contributed by atoms with van der Waals surface area (Å²) in [6, 6.07) is 17.9. The summed E-state index contributed by atoms with van der Waals surface area (Å²) in [5, 5.41) is 2.78. The highest BCUT2D eigenvalue weighted by Crippen LogP contribution is 2.33. The van der Waals surface area contributed by atoms with E-state index in [-0.39, 0.29) is 11.4 Å². The molecule has 3 aromatic rings. The van der Waals surface area contributed by atoms with Gasteiger partial charge in [-0.25, -0.2) is 0 Å². The highest BCUT2D eigenvalue weighted by Gasteiger charge is 2.36. The highest BCUT2D eigenvalue weighted by molar-refractivity contribution is 8.18. The first-order chi connectivity index (χ1) is 14.9. The van der Waals surface area contributed by atoms with E-state index in [1.54, 1.807) is 36.4 Å². The molecule has 0 unspecified atom stereocenters. The van der Waals surface area contributed by atoms with Crippen LogP contribution in [0.2, 0.25) is 5.02 Å². The molecule has 1 aliphatic rings. The molecule has 1 aliphatic heterocycles. The smallest absolute Gasteiger partial charge is 0.294 e. The molecule has 8 heteroatoms. The van der Waals surface area contributed by atoms with Crippen molar-refractivity contribution in [1.82, 2.24) is 4.90 Å². The molecule has 1 aromatic heterocycles. The van der Waals surface area contributed by atoms with Crippen molar-refractivity contribution in [3.63, 3.8) is 0 Å². The Morgan fingerprint density at radius 3 is 2.71 bits per heavy atom. The molecule has 31 heavy (non-hydrogen) atoms. The largest absolute Gasteiger partial charge is 0.457 e. The molecular formula is C23H17ClN2O4S. The third-order valence-electron chi connectivity index (χ3n) is 4.49. The molecule has 1 saturated heterocycles. The maximum Gasteiger partial charge on any atom is 0.294 e. The van der Waals surface area contributed by atoms with Gasteiger partial charge in [0.05, 0.1) is 4.91 Å². The average Bonchev–Trinajstić information content (AvgIpc) is 3.29. The molecular weight excluding hydrogens is 436 g/mol. The number of carbonyl (C=O) groups is 3. The lowest BCUT2D eigenvalue weighted by Gasteiger charge is -2.12. The van der Waals surface area contributed by atoms with Gasteiger partial charge in [0.25, 0.3) is 11.1 Å². The van der Waals surface area contributed by atoms with Crippen LogP contribution in [0.1, 0.15) is 11.3 Å². The zero-order valence-corrected chi connectivity index (χ0v) is 18.0. The van der Waals surface area contributed by atoms with Crippen molar-refractivity contribution in [2.75, 3.05) is 11.9 Å². The number of aryl methyl sites for hydroxylation is 1. The number of halogens is 1. The van der Waals surface area contributed by atoms with Crippen molar-refractivity contribution >= 4 is 52.2 Å². The second-order valence-electron chi connectivity index (χ2n) is 6.90. The first-order valence-electron chi connectivity index (χ1n) is 9.37. The van der Waals surface area contributed by atoms with Crippen LogP contribution in [0.5, 0.6) is 0 Å². The molecule has 4 rings (SSSR count). The van der Waals surface area contributed by atoms with E-state index in [0.717, 1.165) is 27.8 Å². The molecule has 3 amide bonds. The van der Waals surface area contributed by atoms with Crippen molar-refractivity contribution in [3.05, 3.63) is 81.9 Å². The van der Waals surface area contributed by atoms with E-state index < -0.39 is 17.1 Å². The summed E-state index contributed by atoms with van der Waals surface area (Å²) in [5.41, 5.74) is 2.40. The predicted molar refractivity (Wildman–Crippen MR) is 122 cm³/mol. The number of hydrogen-bond acceptors (Lipinski definition) is 5. The lowest BCUT2D eigenvalue weighted by atomic mass is 10.2. The first-order valence-corrected chi connectivity index (χ1v) is 10.6. The molecule has 1 fully saturated rings. The van der Waals surface area contributed by atoms with Crippen LogP contribution in [0.4, 0.5) is 10.5 Å². The number of thioether (sulfide) groups is 1. The average molecular weight is 453 g/mol. The third kappa shape index (κ3) is 4.90. The van der Waals surface area contributed by atoms with Gasteiger partial charge in [0.1, 0.15) is 18.1 Å². The van der Waals surface area contributed by atoms with E-state index in [9.17, 15) is 14.4 Å². The quantitative estimate of drug-likeness (QED) is 0.511. The normalized spacial score (nSPS) is 15.0.